The van der Waals surface area contributed by atoms with Gasteiger partial charge in [0.1, 0.15) is 0 Å². The first kappa shape index (κ1) is 11.1. The average molecular weight is 199 g/mol. The van der Waals surface area contributed by atoms with Crippen LogP contribution in [0, 0.1) is 0 Å². The lowest BCUT2D eigenvalue weighted by atomic mass is 10.1. The Hall–Kier alpha value is -0.940. The third kappa shape index (κ3) is 2.52. The molecule has 2 N–H and O–H groups in total. The fraction of sp³-hybridized carbons (Fsp3) is 0.778. The molecular formula is C9H17N3O2. The zero-order valence-corrected chi connectivity index (χ0v) is 8.86. The third-order valence-corrected chi connectivity index (χ3v) is 2.17. The first-order valence-corrected chi connectivity index (χ1v) is 4.77. The molecule has 1 rings (SSSR count). The van der Waals surface area contributed by atoms with Crippen LogP contribution < -0.4 is 5.73 Å². The maximum atomic E-state index is 5.75. The third-order valence-electron chi connectivity index (χ3n) is 2.17. The van der Waals surface area contributed by atoms with Crippen LogP contribution in [0.2, 0.25) is 0 Å². The van der Waals surface area contributed by atoms with Crippen molar-refractivity contribution >= 4 is 0 Å². The van der Waals surface area contributed by atoms with Crippen LogP contribution >= 0.6 is 0 Å². The number of hydrogen-bond donors (Lipinski definition) is 1. The largest absolute Gasteiger partial charge is 0.383 e. The maximum Gasteiger partial charge on any atom is 0.229 e. The van der Waals surface area contributed by atoms with Gasteiger partial charge in [-0.05, 0) is 6.42 Å². The van der Waals surface area contributed by atoms with Gasteiger partial charge < -0.3 is 15.0 Å². The standard InChI is InChI=1S/C9H17N3O2/c1-4-6(2)9-11-8(12-14-9)7(10)5-13-3/h6-7H,4-5,10H2,1-3H3. The molecule has 0 saturated carbocycles. The van der Waals surface area contributed by atoms with Crippen molar-refractivity contribution in [3.05, 3.63) is 11.7 Å². The lowest BCUT2D eigenvalue weighted by molar-refractivity contribution is 0.177. The predicted molar refractivity (Wildman–Crippen MR) is 51.8 cm³/mol. The zero-order valence-electron chi connectivity index (χ0n) is 8.86. The van der Waals surface area contributed by atoms with Crippen LogP contribution in [-0.4, -0.2) is 23.9 Å². The molecule has 2 atom stereocenters. The van der Waals surface area contributed by atoms with Crippen LogP contribution in [-0.2, 0) is 4.74 Å². The molecule has 0 amide bonds. The zero-order chi connectivity index (χ0) is 10.6. The van der Waals surface area contributed by atoms with Gasteiger partial charge in [-0.15, -0.1) is 0 Å². The molecule has 1 heterocycles. The van der Waals surface area contributed by atoms with Crippen molar-refractivity contribution in [1.82, 2.24) is 10.1 Å². The molecule has 5 nitrogen and oxygen atoms in total. The number of methoxy groups -OCH3 is 1. The van der Waals surface area contributed by atoms with E-state index in [1.165, 1.54) is 0 Å². The lowest BCUT2D eigenvalue weighted by Crippen LogP contribution is -2.17. The molecule has 0 radical (unpaired) electrons. The monoisotopic (exact) mass is 199 g/mol. The lowest BCUT2D eigenvalue weighted by Gasteiger charge is -2.03. The Morgan fingerprint density at radius 3 is 2.86 bits per heavy atom. The van der Waals surface area contributed by atoms with E-state index in [-0.39, 0.29) is 12.0 Å². The number of nitrogens with zero attached hydrogens (tertiary/aromatic N) is 2. The van der Waals surface area contributed by atoms with Gasteiger partial charge in [0, 0.05) is 13.0 Å². The Balaban J connectivity index is 2.67. The summed E-state index contributed by atoms with van der Waals surface area (Å²) in [6.07, 6.45) is 0.973. The first-order chi connectivity index (χ1) is 6.69. The Labute approximate surface area is 83.6 Å². The van der Waals surface area contributed by atoms with Gasteiger partial charge in [-0.2, -0.15) is 4.98 Å². The topological polar surface area (TPSA) is 74.2 Å². The Morgan fingerprint density at radius 1 is 1.57 bits per heavy atom. The van der Waals surface area contributed by atoms with Crippen molar-refractivity contribution in [2.45, 2.75) is 32.2 Å². The van der Waals surface area contributed by atoms with Crippen molar-refractivity contribution < 1.29 is 9.26 Å². The van der Waals surface area contributed by atoms with Gasteiger partial charge in [0.25, 0.3) is 0 Å². The molecule has 0 aliphatic rings. The van der Waals surface area contributed by atoms with E-state index < -0.39 is 0 Å². The summed E-state index contributed by atoms with van der Waals surface area (Å²) in [7, 11) is 1.59. The van der Waals surface area contributed by atoms with Crippen molar-refractivity contribution in [2.24, 2.45) is 5.73 Å². The highest BCUT2D eigenvalue weighted by atomic mass is 16.5. The summed E-state index contributed by atoms with van der Waals surface area (Å²) in [5, 5.41) is 3.81. The van der Waals surface area contributed by atoms with Crippen LogP contribution in [0.1, 0.15) is 43.9 Å². The fourth-order valence-corrected chi connectivity index (χ4v) is 1.03. The number of hydrogen-bond acceptors (Lipinski definition) is 5. The molecule has 1 aromatic heterocycles. The quantitative estimate of drug-likeness (QED) is 0.772. The SMILES string of the molecule is CCC(C)c1nc(C(N)COC)no1. The molecule has 5 heteroatoms. The second-order valence-corrected chi connectivity index (χ2v) is 3.36. The number of nitrogens with two attached hydrogens (primary N) is 1. The molecule has 0 aromatic carbocycles. The fourth-order valence-electron chi connectivity index (χ4n) is 1.03. The van der Waals surface area contributed by atoms with Gasteiger partial charge in [-0.3, -0.25) is 0 Å². The van der Waals surface area contributed by atoms with E-state index in [1.807, 2.05) is 6.92 Å². The van der Waals surface area contributed by atoms with E-state index in [2.05, 4.69) is 17.1 Å². The normalized spacial score (nSPS) is 15.4. The Bertz CT molecular complexity index is 275. The minimum Gasteiger partial charge on any atom is -0.383 e. The number of ether oxygens (including phenoxy) is 1. The minimum atomic E-state index is -0.304. The van der Waals surface area contributed by atoms with E-state index in [9.17, 15) is 0 Å². The summed E-state index contributed by atoms with van der Waals surface area (Å²) in [5.41, 5.74) is 5.75. The molecular weight excluding hydrogens is 182 g/mol. The van der Waals surface area contributed by atoms with Gasteiger partial charge in [-0.1, -0.05) is 19.0 Å². The van der Waals surface area contributed by atoms with Gasteiger partial charge >= 0.3 is 0 Å². The van der Waals surface area contributed by atoms with Crippen molar-refractivity contribution in [3.63, 3.8) is 0 Å². The average Bonchev–Trinajstić information content (AvgIpc) is 2.66. The molecule has 14 heavy (non-hydrogen) atoms. The van der Waals surface area contributed by atoms with Gasteiger partial charge in [0.2, 0.25) is 5.89 Å². The van der Waals surface area contributed by atoms with E-state index in [0.717, 1.165) is 6.42 Å². The van der Waals surface area contributed by atoms with Crippen molar-refractivity contribution in [3.8, 4) is 0 Å². The van der Waals surface area contributed by atoms with E-state index in [4.69, 9.17) is 15.0 Å². The number of aromatic nitrogens is 2. The van der Waals surface area contributed by atoms with E-state index >= 15 is 0 Å². The second-order valence-electron chi connectivity index (χ2n) is 3.36. The second kappa shape index (κ2) is 5.07. The molecule has 1 aromatic rings. The van der Waals surface area contributed by atoms with Gasteiger partial charge in [-0.25, -0.2) is 0 Å². The summed E-state index contributed by atoms with van der Waals surface area (Å²) in [4.78, 5) is 4.22. The first-order valence-electron chi connectivity index (χ1n) is 4.77. The van der Waals surface area contributed by atoms with Crippen LogP contribution in [0.25, 0.3) is 0 Å². The highest BCUT2D eigenvalue weighted by molar-refractivity contribution is 4.96. The molecule has 80 valence electrons. The van der Waals surface area contributed by atoms with Crippen LogP contribution in [0.15, 0.2) is 4.52 Å². The Kier molecular flexibility index (Phi) is 4.03. The molecule has 0 aliphatic heterocycles. The van der Waals surface area contributed by atoms with Crippen LogP contribution in [0.4, 0.5) is 0 Å². The molecule has 0 aliphatic carbocycles. The van der Waals surface area contributed by atoms with Crippen LogP contribution in [0.3, 0.4) is 0 Å². The van der Waals surface area contributed by atoms with E-state index in [0.29, 0.717) is 18.3 Å². The molecule has 0 fully saturated rings. The number of rotatable bonds is 5. The van der Waals surface area contributed by atoms with Crippen molar-refractivity contribution in [2.75, 3.05) is 13.7 Å². The summed E-state index contributed by atoms with van der Waals surface area (Å²) in [5.74, 6) is 1.45. The Morgan fingerprint density at radius 2 is 2.29 bits per heavy atom. The minimum absolute atomic E-state index is 0.283. The molecule has 0 bridgehead atoms. The molecule has 2 unspecified atom stereocenters. The predicted octanol–water partition coefficient (Wildman–Crippen LogP) is 1.23. The van der Waals surface area contributed by atoms with Crippen LogP contribution in [0.5, 0.6) is 0 Å². The highest BCUT2D eigenvalue weighted by Gasteiger charge is 2.16. The van der Waals surface area contributed by atoms with Gasteiger partial charge in [0.15, 0.2) is 5.82 Å². The summed E-state index contributed by atoms with van der Waals surface area (Å²) >= 11 is 0. The smallest absolute Gasteiger partial charge is 0.229 e. The molecule has 0 saturated heterocycles. The molecule has 0 spiro atoms. The van der Waals surface area contributed by atoms with Crippen molar-refractivity contribution in [1.29, 1.82) is 0 Å². The summed E-state index contributed by atoms with van der Waals surface area (Å²) in [6.45, 7) is 4.52. The highest BCUT2D eigenvalue weighted by Crippen LogP contribution is 2.17. The van der Waals surface area contributed by atoms with Gasteiger partial charge in [0.05, 0.1) is 12.6 Å². The summed E-state index contributed by atoms with van der Waals surface area (Å²) in [6, 6.07) is -0.304. The maximum absolute atomic E-state index is 5.75. The summed E-state index contributed by atoms with van der Waals surface area (Å²) < 4.78 is 10.00. The van der Waals surface area contributed by atoms with E-state index in [1.54, 1.807) is 7.11 Å².